The fraction of sp³-hybridized carbons (Fsp3) is 0.391. The van der Waals surface area contributed by atoms with E-state index >= 15 is 0 Å². The van der Waals surface area contributed by atoms with Crippen LogP contribution in [0, 0.1) is 0 Å². The Morgan fingerprint density at radius 3 is 2.61 bits per heavy atom. The van der Waals surface area contributed by atoms with Crippen LogP contribution >= 0.6 is 11.8 Å². The van der Waals surface area contributed by atoms with Crippen molar-refractivity contribution in [3.05, 3.63) is 48.0 Å². The number of para-hydroxylation sites is 2. The molecule has 0 radical (unpaired) electrons. The van der Waals surface area contributed by atoms with Gasteiger partial charge in [0.2, 0.25) is 5.91 Å². The van der Waals surface area contributed by atoms with Gasteiger partial charge < -0.3 is 19.5 Å². The van der Waals surface area contributed by atoms with Gasteiger partial charge in [0.05, 0.1) is 46.9 Å². The number of amides is 1. The average molecular weight is 479 g/mol. The third-order valence-corrected chi connectivity index (χ3v) is 6.31. The molecule has 1 aromatic heterocycles. The molecule has 4 rings (SSSR count). The number of carbonyl (C=O) groups is 1. The van der Waals surface area contributed by atoms with Crippen LogP contribution < -0.4 is 10.2 Å². The smallest absolute Gasteiger partial charge is 0.378 e. The molecule has 0 atom stereocenters. The first-order chi connectivity index (χ1) is 15.7. The standard InChI is InChI=1S/C23H25F3N4O2S/c1-15(2)30-20-6-4-3-5-17(20)28-22(30)33-14-21(31)27-18-13-16(23(24,25)26)7-8-19(18)29-9-11-32-12-10-29/h3-8,13,15H,9-12,14H2,1-2H3,(H,27,31). The van der Waals surface area contributed by atoms with E-state index in [2.05, 4.69) is 14.9 Å². The number of nitrogens with zero attached hydrogens (tertiary/aromatic N) is 3. The fourth-order valence-electron chi connectivity index (χ4n) is 3.83. The molecule has 1 aliphatic rings. The first kappa shape index (κ1) is 23.4. The number of morpholine rings is 1. The number of aromatic nitrogens is 2. The number of alkyl halides is 3. The van der Waals surface area contributed by atoms with E-state index in [-0.39, 0.29) is 17.5 Å². The van der Waals surface area contributed by atoms with Gasteiger partial charge in [0, 0.05) is 19.1 Å². The summed E-state index contributed by atoms with van der Waals surface area (Å²) in [5, 5.41) is 3.39. The quantitative estimate of drug-likeness (QED) is 0.494. The lowest BCUT2D eigenvalue weighted by Crippen LogP contribution is -2.37. The Bertz CT molecular complexity index is 1140. The number of anilines is 2. The molecule has 0 aliphatic carbocycles. The number of nitrogens with one attached hydrogen (secondary N) is 1. The van der Waals surface area contributed by atoms with Gasteiger partial charge in [-0.25, -0.2) is 4.98 Å². The summed E-state index contributed by atoms with van der Waals surface area (Å²) < 4.78 is 47.3. The molecule has 0 bridgehead atoms. The number of fused-ring (bicyclic) bond motifs is 1. The predicted octanol–water partition coefficient (Wildman–Crippen LogP) is 5.20. The summed E-state index contributed by atoms with van der Waals surface area (Å²) in [6.07, 6.45) is -4.50. The largest absolute Gasteiger partial charge is 0.416 e. The second-order valence-electron chi connectivity index (χ2n) is 8.01. The molecule has 1 saturated heterocycles. The molecular weight excluding hydrogens is 453 g/mol. The Morgan fingerprint density at radius 2 is 1.91 bits per heavy atom. The van der Waals surface area contributed by atoms with Crippen LogP contribution in [-0.4, -0.2) is 47.5 Å². The zero-order valence-corrected chi connectivity index (χ0v) is 19.2. The van der Waals surface area contributed by atoms with E-state index in [4.69, 9.17) is 4.74 Å². The third-order valence-electron chi connectivity index (χ3n) is 5.36. The minimum Gasteiger partial charge on any atom is -0.378 e. The van der Waals surface area contributed by atoms with Crippen molar-refractivity contribution in [3.63, 3.8) is 0 Å². The molecule has 176 valence electrons. The number of imidazole rings is 1. The maximum atomic E-state index is 13.3. The van der Waals surface area contributed by atoms with Crippen LogP contribution in [0.25, 0.3) is 11.0 Å². The second kappa shape index (κ2) is 9.64. The van der Waals surface area contributed by atoms with Crippen LogP contribution in [-0.2, 0) is 15.7 Å². The molecule has 1 N–H and O–H groups in total. The number of thioether (sulfide) groups is 1. The number of rotatable bonds is 6. The normalized spacial score (nSPS) is 14.8. The molecule has 0 unspecified atom stereocenters. The van der Waals surface area contributed by atoms with Crippen molar-refractivity contribution in [2.24, 2.45) is 0 Å². The van der Waals surface area contributed by atoms with Crippen molar-refractivity contribution < 1.29 is 22.7 Å². The molecule has 2 aromatic carbocycles. The molecule has 3 aromatic rings. The minimum atomic E-state index is -4.50. The Hall–Kier alpha value is -2.72. The molecule has 1 aliphatic heterocycles. The van der Waals surface area contributed by atoms with Gasteiger partial charge >= 0.3 is 6.18 Å². The van der Waals surface area contributed by atoms with Gasteiger partial charge in [-0.15, -0.1) is 0 Å². The van der Waals surface area contributed by atoms with Crippen molar-refractivity contribution in [1.29, 1.82) is 0 Å². The van der Waals surface area contributed by atoms with E-state index in [0.29, 0.717) is 37.1 Å². The highest BCUT2D eigenvalue weighted by atomic mass is 32.2. The molecule has 0 saturated carbocycles. The summed E-state index contributed by atoms with van der Waals surface area (Å²) in [5.41, 5.74) is 1.71. The molecular formula is C23H25F3N4O2S. The monoisotopic (exact) mass is 478 g/mol. The maximum absolute atomic E-state index is 13.3. The SMILES string of the molecule is CC(C)n1c(SCC(=O)Nc2cc(C(F)(F)F)ccc2N2CCOCC2)nc2ccccc21. The van der Waals surface area contributed by atoms with Crippen molar-refractivity contribution in [2.75, 3.05) is 42.3 Å². The highest BCUT2D eigenvalue weighted by Gasteiger charge is 2.32. The van der Waals surface area contributed by atoms with Gasteiger partial charge in [-0.2, -0.15) is 13.2 Å². The van der Waals surface area contributed by atoms with E-state index in [1.54, 1.807) is 0 Å². The van der Waals surface area contributed by atoms with Crippen LogP contribution in [0.2, 0.25) is 0 Å². The Kier molecular flexibility index (Phi) is 6.85. The van der Waals surface area contributed by atoms with E-state index in [9.17, 15) is 18.0 Å². The maximum Gasteiger partial charge on any atom is 0.416 e. The molecule has 2 heterocycles. The first-order valence-electron chi connectivity index (χ1n) is 10.7. The number of hydrogen-bond acceptors (Lipinski definition) is 5. The summed E-state index contributed by atoms with van der Waals surface area (Å²) in [4.78, 5) is 19.3. The lowest BCUT2D eigenvalue weighted by atomic mass is 10.1. The van der Waals surface area contributed by atoms with Gasteiger partial charge in [0.25, 0.3) is 0 Å². The fourth-order valence-corrected chi connectivity index (χ4v) is 4.78. The number of benzene rings is 2. The van der Waals surface area contributed by atoms with Gasteiger partial charge in [-0.1, -0.05) is 23.9 Å². The van der Waals surface area contributed by atoms with Crippen LogP contribution in [0.1, 0.15) is 25.5 Å². The number of carbonyl (C=O) groups excluding carboxylic acids is 1. The van der Waals surface area contributed by atoms with E-state index < -0.39 is 17.6 Å². The highest BCUT2D eigenvalue weighted by Crippen LogP contribution is 2.36. The molecule has 6 nitrogen and oxygen atoms in total. The number of ether oxygens (including phenoxy) is 1. The van der Waals surface area contributed by atoms with Crippen LogP contribution in [0.15, 0.2) is 47.6 Å². The zero-order chi connectivity index (χ0) is 23.6. The van der Waals surface area contributed by atoms with Crippen LogP contribution in [0.3, 0.4) is 0 Å². The third kappa shape index (κ3) is 5.27. The first-order valence-corrected chi connectivity index (χ1v) is 11.7. The lowest BCUT2D eigenvalue weighted by Gasteiger charge is -2.31. The van der Waals surface area contributed by atoms with Crippen molar-refractivity contribution >= 4 is 40.1 Å². The van der Waals surface area contributed by atoms with Crippen LogP contribution in [0.4, 0.5) is 24.5 Å². The van der Waals surface area contributed by atoms with E-state index in [1.165, 1.54) is 17.8 Å². The molecule has 10 heteroatoms. The average Bonchev–Trinajstić information content (AvgIpc) is 3.16. The Morgan fingerprint density at radius 1 is 1.18 bits per heavy atom. The van der Waals surface area contributed by atoms with Crippen LogP contribution in [0.5, 0.6) is 0 Å². The summed E-state index contributed by atoms with van der Waals surface area (Å²) in [7, 11) is 0. The zero-order valence-electron chi connectivity index (χ0n) is 18.4. The summed E-state index contributed by atoms with van der Waals surface area (Å²) in [5.74, 6) is -0.370. The van der Waals surface area contributed by atoms with Gasteiger partial charge in [-0.05, 0) is 44.2 Å². The summed E-state index contributed by atoms with van der Waals surface area (Å²) in [6.45, 7) is 6.12. The Balaban J connectivity index is 1.54. The number of halogens is 3. The van der Waals surface area contributed by atoms with E-state index in [1.807, 2.05) is 43.0 Å². The summed E-state index contributed by atoms with van der Waals surface area (Å²) in [6, 6.07) is 11.3. The highest BCUT2D eigenvalue weighted by molar-refractivity contribution is 7.99. The Labute approximate surface area is 194 Å². The van der Waals surface area contributed by atoms with Gasteiger partial charge in [0.15, 0.2) is 5.16 Å². The molecule has 33 heavy (non-hydrogen) atoms. The molecule has 0 spiro atoms. The second-order valence-corrected chi connectivity index (χ2v) is 8.96. The van der Waals surface area contributed by atoms with Crippen molar-refractivity contribution in [3.8, 4) is 0 Å². The summed E-state index contributed by atoms with van der Waals surface area (Å²) >= 11 is 1.26. The lowest BCUT2D eigenvalue weighted by molar-refractivity contribution is -0.137. The van der Waals surface area contributed by atoms with E-state index in [0.717, 1.165) is 23.2 Å². The van der Waals surface area contributed by atoms with Gasteiger partial charge in [-0.3, -0.25) is 4.79 Å². The van der Waals surface area contributed by atoms with Gasteiger partial charge in [0.1, 0.15) is 0 Å². The van der Waals surface area contributed by atoms with Crippen molar-refractivity contribution in [2.45, 2.75) is 31.2 Å². The topological polar surface area (TPSA) is 59.4 Å². The minimum absolute atomic E-state index is 0.0227. The molecule has 1 fully saturated rings. The number of hydrogen-bond donors (Lipinski definition) is 1. The van der Waals surface area contributed by atoms with Crippen molar-refractivity contribution in [1.82, 2.24) is 9.55 Å². The molecule has 1 amide bonds. The predicted molar refractivity (Wildman–Crippen MR) is 124 cm³/mol.